The van der Waals surface area contributed by atoms with Crippen LogP contribution in [0.4, 0.5) is 4.79 Å². The zero-order valence-corrected chi connectivity index (χ0v) is 36.6. The number of carbonyl (C=O) groups is 3. The van der Waals surface area contributed by atoms with E-state index in [9.17, 15) is 14.4 Å². The smallest absolute Gasteiger partial charge is 0.407 e. The lowest BCUT2D eigenvalue weighted by Crippen LogP contribution is -2.49. The van der Waals surface area contributed by atoms with Crippen LogP contribution in [-0.4, -0.2) is 100 Å². The van der Waals surface area contributed by atoms with E-state index in [4.69, 9.17) is 9.72 Å². The van der Waals surface area contributed by atoms with Crippen LogP contribution in [0.25, 0.3) is 44.4 Å². The Balaban J connectivity index is 0.881. The summed E-state index contributed by atoms with van der Waals surface area (Å²) in [5.74, 6) is 1.74. The van der Waals surface area contributed by atoms with Gasteiger partial charge in [0.05, 0.1) is 50.1 Å². The highest BCUT2D eigenvalue weighted by Gasteiger charge is 2.39. The molecule has 13 heteroatoms. The minimum Gasteiger partial charge on any atom is -0.453 e. The maximum absolute atomic E-state index is 14.4. The molecule has 2 saturated heterocycles. The number of carbonyl (C=O) groups excluding carboxylic acids is 3. The topological polar surface area (TPSA) is 158 Å². The molecule has 328 valence electrons. The van der Waals surface area contributed by atoms with E-state index in [0.717, 1.165) is 100 Å². The quantitative estimate of drug-likeness (QED) is 0.0751. The number of fused-ring (bicyclic) bond motifs is 1. The lowest BCUT2D eigenvalue weighted by Gasteiger charge is -2.37. The van der Waals surface area contributed by atoms with Gasteiger partial charge >= 0.3 is 6.09 Å². The third-order valence-corrected chi connectivity index (χ3v) is 12.5. The van der Waals surface area contributed by atoms with E-state index in [2.05, 4.69) is 115 Å². The predicted octanol–water partition coefficient (Wildman–Crippen LogP) is 8.40. The van der Waals surface area contributed by atoms with Crippen LogP contribution in [-0.2, 0) is 19.1 Å². The van der Waals surface area contributed by atoms with Crippen molar-refractivity contribution in [3.63, 3.8) is 0 Å². The highest BCUT2D eigenvalue weighted by atomic mass is 16.5. The van der Waals surface area contributed by atoms with Gasteiger partial charge in [-0.25, -0.2) is 14.8 Å². The Hall–Kier alpha value is -6.31. The fraction of sp³-hybridized carbons (Fsp3) is 0.380. The summed E-state index contributed by atoms with van der Waals surface area (Å²) in [5.41, 5.74) is 7.27. The number of hydrogen-bond donors (Lipinski definition) is 4. The van der Waals surface area contributed by atoms with Crippen molar-refractivity contribution < 1.29 is 23.9 Å². The number of rotatable bonds is 15. The Kier molecular flexibility index (Phi) is 13.6. The molecule has 3 amide bonds. The third kappa shape index (κ3) is 10.0. The van der Waals surface area contributed by atoms with Gasteiger partial charge in [-0.15, -0.1) is 0 Å². The minimum atomic E-state index is -0.651. The van der Waals surface area contributed by atoms with Gasteiger partial charge in [0.25, 0.3) is 0 Å². The van der Waals surface area contributed by atoms with Crippen molar-refractivity contribution in [3.8, 4) is 33.6 Å². The highest BCUT2D eigenvalue weighted by Crippen LogP contribution is 2.37. The van der Waals surface area contributed by atoms with Crippen LogP contribution in [0.1, 0.15) is 81.7 Å². The summed E-state index contributed by atoms with van der Waals surface area (Å²) in [6.45, 7) is 9.82. The first kappa shape index (κ1) is 43.3. The molecule has 2 aliphatic rings. The van der Waals surface area contributed by atoms with Crippen molar-refractivity contribution in [2.24, 2.45) is 5.92 Å². The summed E-state index contributed by atoms with van der Waals surface area (Å²) in [7, 11) is 1.28. The summed E-state index contributed by atoms with van der Waals surface area (Å²) in [5, 5.41) is 7.83. The Morgan fingerprint density at radius 3 is 2.21 bits per heavy atom. The molecule has 0 spiro atoms. The van der Waals surface area contributed by atoms with E-state index in [-0.39, 0.29) is 35.7 Å². The zero-order chi connectivity index (χ0) is 43.9. The molecule has 2 aliphatic heterocycles. The van der Waals surface area contributed by atoms with Gasteiger partial charge in [0.1, 0.15) is 23.7 Å². The number of nitrogens with one attached hydrogen (secondary N) is 4. The largest absolute Gasteiger partial charge is 0.453 e. The van der Waals surface area contributed by atoms with Crippen LogP contribution in [0.3, 0.4) is 0 Å². The molecule has 4 atom stereocenters. The van der Waals surface area contributed by atoms with E-state index in [1.807, 2.05) is 49.3 Å². The number of hydrogen-bond acceptors (Lipinski definition) is 8. The van der Waals surface area contributed by atoms with Gasteiger partial charge in [-0.3, -0.25) is 14.5 Å². The molecule has 0 bridgehead atoms. The summed E-state index contributed by atoms with van der Waals surface area (Å²) in [6.07, 6.45) is 6.57. The van der Waals surface area contributed by atoms with E-state index >= 15 is 0 Å². The average Bonchev–Trinajstić information content (AvgIpc) is 4.12. The van der Waals surface area contributed by atoms with Crippen molar-refractivity contribution in [2.45, 2.75) is 70.5 Å². The summed E-state index contributed by atoms with van der Waals surface area (Å²) in [6, 6.07) is 30.6. The summed E-state index contributed by atoms with van der Waals surface area (Å²) < 4.78 is 10.3. The van der Waals surface area contributed by atoms with E-state index < -0.39 is 12.1 Å². The van der Waals surface area contributed by atoms with E-state index in [1.54, 1.807) is 0 Å². The molecule has 8 rings (SSSR count). The average molecular weight is 851 g/mol. The Labute approximate surface area is 369 Å². The number of H-pyrrole nitrogens is 2. The molecule has 2 unspecified atom stereocenters. The maximum atomic E-state index is 14.4. The monoisotopic (exact) mass is 850 g/mol. The van der Waals surface area contributed by atoms with Gasteiger partial charge < -0.3 is 35.0 Å². The van der Waals surface area contributed by atoms with Crippen molar-refractivity contribution >= 4 is 28.7 Å². The summed E-state index contributed by atoms with van der Waals surface area (Å²) in [4.78, 5) is 59.6. The van der Waals surface area contributed by atoms with Crippen LogP contribution in [0.5, 0.6) is 0 Å². The third-order valence-electron chi connectivity index (χ3n) is 12.5. The second-order valence-electron chi connectivity index (χ2n) is 17.1. The Bertz CT molecular complexity index is 2490. The van der Waals surface area contributed by atoms with Crippen LogP contribution >= 0.6 is 0 Å². The first-order valence-corrected chi connectivity index (χ1v) is 22.2. The number of aromatic amines is 2. The molecule has 0 radical (unpaired) electrons. The number of benzene rings is 4. The van der Waals surface area contributed by atoms with Gasteiger partial charge in [-0.1, -0.05) is 99.6 Å². The number of likely N-dealkylation sites (tertiary alicyclic amines) is 1. The van der Waals surface area contributed by atoms with Gasteiger partial charge in [0.15, 0.2) is 0 Å². The minimum absolute atomic E-state index is 0.0690. The van der Waals surface area contributed by atoms with Crippen molar-refractivity contribution in [3.05, 3.63) is 121 Å². The molecule has 2 aromatic heterocycles. The molecule has 0 saturated carbocycles. The molecule has 63 heavy (non-hydrogen) atoms. The van der Waals surface area contributed by atoms with Crippen molar-refractivity contribution in [1.29, 1.82) is 0 Å². The van der Waals surface area contributed by atoms with Gasteiger partial charge in [0.2, 0.25) is 11.8 Å². The molecule has 13 nitrogen and oxygen atoms in total. The fourth-order valence-corrected chi connectivity index (χ4v) is 8.86. The number of ether oxygens (including phenoxy) is 2. The van der Waals surface area contributed by atoms with Crippen LogP contribution in [0.15, 0.2) is 103 Å². The number of methoxy groups -OCH3 is 1. The van der Waals surface area contributed by atoms with Gasteiger partial charge in [-0.05, 0) is 76.8 Å². The summed E-state index contributed by atoms with van der Waals surface area (Å²) >= 11 is 0. The number of imidazole rings is 2. The number of morpholine rings is 1. The standard InChI is InChI=1S/C50H58N8O5/c1-32(2)44(56-50(61)62-4)48(59)51-22-8-10-33(3)46-52-30-41(54-46)35-16-14-34(15-17-35)37-18-19-39-29-40(21-20-38(39)28-37)42-31-53-47(55-42)43-13-9-23-58(43)49(60)45(36-11-6-5-7-12-36)57-24-26-63-27-25-57/h5-7,11-12,14-21,28-33,43-45H,8-10,13,22-27H2,1-4H3,(H,51,59)(H,52,54)(H,53,55)(H,56,61)/t33?,43-,44-,45?/m0/s1. The van der Waals surface area contributed by atoms with Crippen molar-refractivity contribution in [2.75, 3.05) is 46.5 Å². The Morgan fingerprint density at radius 2 is 1.48 bits per heavy atom. The molecule has 2 fully saturated rings. The Morgan fingerprint density at radius 1 is 0.810 bits per heavy atom. The second kappa shape index (κ2) is 19.8. The molecular formula is C50H58N8O5. The lowest BCUT2D eigenvalue weighted by molar-refractivity contribution is -0.140. The second-order valence-corrected chi connectivity index (χ2v) is 17.1. The van der Waals surface area contributed by atoms with Gasteiger partial charge in [0, 0.05) is 37.7 Å². The first-order chi connectivity index (χ1) is 30.7. The van der Waals surface area contributed by atoms with Crippen LogP contribution < -0.4 is 10.6 Å². The molecule has 0 aliphatic carbocycles. The number of aromatic nitrogens is 4. The SMILES string of the molecule is COC(=O)N[C@H](C(=O)NCCCC(C)c1ncc(-c2ccc(-c3ccc4cc(-c5cnc([C@@H]6CCCN6C(=O)C(c6ccccc6)N6CCOCC6)[nH]5)ccc4c3)cc2)[nH]1)C(C)C. The molecule has 4 heterocycles. The number of alkyl carbamates (subject to hydrolysis) is 1. The highest BCUT2D eigenvalue weighted by molar-refractivity contribution is 5.91. The fourth-order valence-electron chi connectivity index (χ4n) is 8.86. The first-order valence-electron chi connectivity index (χ1n) is 22.2. The van der Waals surface area contributed by atoms with Crippen LogP contribution in [0.2, 0.25) is 0 Å². The molecular weight excluding hydrogens is 793 g/mol. The van der Waals surface area contributed by atoms with E-state index in [1.165, 1.54) is 7.11 Å². The predicted molar refractivity (Wildman–Crippen MR) is 245 cm³/mol. The van der Waals surface area contributed by atoms with Crippen LogP contribution in [0, 0.1) is 5.92 Å². The number of amides is 3. The molecule has 6 aromatic rings. The number of nitrogens with zero attached hydrogens (tertiary/aromatic N) is 4. The normalized spacial score (nSPS) is 17.1. The van der Waals surface area contributed by atoms with Crippen molar-refractivity contribution in [1.82, 2.24) is 40.4 Å². The van der Waals surface area contributed by atoms with Gasteiger partial charge in [-0.2, -0.15) is 0 Å². The maximum Gasteiger partial charge on any atom is 0.407 e. The zero-order valence-electron chi connectivity index (χ0n) is 36.6. The van der Waals surface area contributed by atoms with E-state index in [0.29, 0.717) is 26.3 Å². The molecule has 4 aromatic carbocycles. The lowest BCUT2D eigenvalue weighted by atomic mass is 9.98. The molecule has 4 N–H and O–H groups in total.